The lowest BCUT2D eigenvalue weighted by atomic mass is 10.1. The van der Waals surface area contributed by atoms with Gasteiger partial charge in [-0.25, -0.2) is 0 Å². The van der Waals surface area contributed by atoms with Gasteiger partial charge in [0.15, 0.2) is 0 Å². The second-order valence-corrected chi connectivity index (χ2v) is 4.44. The van der Waals surface area contributed by atoms with Gasteiger partial charge >= 0.3 is 0 Å². The van der Waals surface area contributed by atoms with E-state index in [1.807, 2.05) is 7.05 Å². The van der Waals surface area contributed by atoms with Gasteiger partial charge < -0.3 is 10.1 Å². The molecule has 1 heterocycles. The van der Waals surface area contributed by atoms with Gasteiger partial charge in [0.25, 0.3) is 0 Å². The van der Waals surface area contributed by atoms with Crippen molar-refractivity contribution in [2.45, 2.75) is 18.9 Å². The van der Waals surface area contributed by atoms with Crippen molar-refractivity contribution in [1.29, 1.82) is 0 Å². The van der Waals surface area contributed by atoms with Crippen molar-refractivity contribution in [2.75, 3.05) is 14.2 Å². The number of nitrogens with one attached hydrogen (secondary N) is 1. The number of hydrogen-bond donors (Lipinski definition) is 1. The quantitative estimate of drug-likeness (QED) is 0.800. The zero-order valence-electron chi connectivity index (χ0n) is 8.04. The highest BCUT2D eigenvalue weighted by molar-refractivity contribution is 7.10. The molecule has 1 N–H and O–H groups in total. The van der Waals surface area contributed by atoms with Gasteiger partial charge in [-0.05, 0) is 31.9 Å². The molecule has 1 aromatic heterocycles. The average Bonchev–Trinajstić information content (AvgIpc) is 2.85. The fourth-order valence-corrected chi connectivity index (χ4v) is 2.70. The van der Waals surface area contributed by atoms with E-state index in [0.29, 0.717) is 6.04 Å². The molecular formula is C10H15NOS. The Balaban J connectivity index is 2.12. The van der Waals surface area contributed by atoms with Gasteiger partial charge in [0.2, 0.25) is 0 Å². The molecule has 0 saturated heterocycles. The third-order valence-corrected chi connectivity index (χ3v) is 3.54. The van der Waals surface area contributed by atoms with E-state index < -0.39 is 0 Å². The Labute approximate surface area is 82.9 Å². The lowest BCUT2D eigenvalue weighted by molar-refractivity contribution is 0.415. The van der Waals surface area contributed by atoms with E-state index >= 15 is 0 Å². The number of hydrogen-bond acceptors (Lipinski definition) is 3. The Bertz CT molecular complexity index is 280. The van der Waals surface area contributed by atoms with Crippen LogP contribution in [0.3, 0.4) is 0 Å². The predicted molar refractivity (Wildman–Crippen MR) is 55.4 cm³/mol. The summed E-state index contributed by atoms with van der Waals surface area (Å²) < 4.78 is 5.17. The molecule has 2 nitrogen and oxygen atoms in total. The first kappa shape index (κ1) is 9.03. The largest absolute Gasteiger partial charge is 0.496 e. The molecular weight excluding hydrogens is 182 g/mol. The van der Waals surface area contributed by atoms with Gasteiger partial charge in [0.1, 0.15) is 5.75 Å². The van der Waals surface area contributed by atoms with Crippen LogP contribution in [0, 0.1) is 5.92 Å². The lowest BCUT2D eigenvalue weighted by Gasteiger charge is -2.12. The number of methoxy groups -OCH3 is 1. The number of ether oxygens (including phenoxy) is 1. The van der Waals surface area contributed by atoms with Crippen molar-refractivity contribution in [3.8, 4) is 5.75 Å². The van der Waals surface area contributed by atoms with Crippen LogP contribution in [0.25, 0.3) is 0 Å². The van der Waals surface area contributed by atoms with E-state index in [1.165, 1.54) is 17.7 Å². The van der Waals surface area contributed by atoms with Crippen LogP contribution in [0.4, 0.5) is 0 Å². The van der Waals surface area contributed by atoms with Gasteiger partial charge in [0.05, 0.1) is 7.11 Å². The molecule has 0 radical (unpaired) electrons. The first-order valence-corrected chi connectivity index (χ1v) is 5.53. The second kappa shape index (κ2) is 3.68. The van der Waals surface area contributed by atoms with E-state index in [9.17, 15) is 0 Å². The molecule has 0 aliphatic heterocycles. The number of rotatable bonds is 4. The lowest BCUT2D eigenvalue weighted by Crippen LogP contribution is -2.16. The normalized spacial score (nSPS) is 18.6. The molecule has 0 amide bonds. The predicted octanol–water partition coefficient (Wildman–Crippen LogP) is 2.43. The molecule has 13 heavy (non-hydrogen) atoms. The molecule has 1 aromatic rings. The molecule has 1 unspecified atom stereocenters. The van der Waals surface area contributed by atoms with Gasteiger partial charge in [-0.2, -0.15) is 0 Å². The van der Waals surface area contributed by atoms with E-state index in [2.05, 4.69) is 16.8 Å². The van der Waals surface area contributed by atoms with Gasteiger partial charge in [-0.1, -0.05) is 0 Å². The highest BCUT2D eigenvalue weighted by Crippen LogP contribution is 2.43. The fraction of sp³-hybridized carbons (Fsp3) is 0.600. The summed E-state index contributed by atoms with van der Waals surface area (Å²) in [5, 5.41) is 5.44. The molecule has 0 bridgehead atoms. The van der Waals surface area contributed by atoms with Crippen LogP contribution in [-0.4, -0.2) is 14.2 Å². The molecule has 1 aliphatic rings. The highest BCUT2D eigenvalue weighted by atomic mass is 32.1. The average molecular weight is 197 g/mol. The van der Waals surface area contributed by atoms with Crippen LogP contribution in [0.2, 0.25) is 0 Å². The molecule has 0 aromatic carbocycles. The standard InChI is InChI=1S/C10H15NOS/c1-11-10(7-3-4-7)9-5-8(12-2)6-13-9/h5-7,10-11H,3-4H2,1-2H3. The van der Waals surface area contributed by atoms with Crippen LogP contribution >= 0.6 is 11.3 Å². The summed E-state index contributed by atoms with van der Waals surface area (Å²) in [6.45, 7) is 0. The second-order valence-electron chi connectivity index (χ2n) is 3.49. The molecule has 3 heteroatoms. The van der Waals surface area contributed by atoms with Crippen molar-refractivity contribution in [2.24, 2.45) is 5.92 Å². The summed E-state index contributed by atoms with van der Waals surface area (Å²) in [5.74, 6) is 1.84. The fourth-order valence-electron chi connectivity index (χ4n) is 1.64. The molecule has 72 valence electrons. The summed E-state index contributed by atoms with van der Waals surface area (Å²) >= 11 is 1.79. The monoisotopic (exact) mass is 197 g/mol. The van der Waals surface area contributed by atoms with Crippen molar-refractivity contribution in [3.63, 3.8) is 0 Å². The Kier molecular flexibility index (Phi) is 2.56. The van der Waals surface area contributed by atoms with Gasteiger partial charge in [-0.3, -0.25) is 0 Å². The first-order valence-electron chi connectivity index (χ1n) is 4.65. The molecule has 2 rings (SSSR count). The van der Waals surface area contributed by atoms with E-state index in [0.717, 1.165) is 11.7 Å². The van der Waals surface area contributed by atoms with E-state index in [1.54, 1.807) is 18.4 Å². The maximum atomic E-state index is 5.17. The minimum absolute atomic E-state index is 0.550. The van der Waals surface area contributed by atoms with Crippen LogP contribution in [0.15, 0.2) is 11.4 Å². The summed E-state index contributed by atoms with van der Waals surface area (Å²) in [6, 6.07) is 2.69. The zero-order valence-corrected chi connectivity index (χ0v) is 8.86. The Morgan fingerprint density at radius 3 is 2.85 bits per heavy atom. The maximum Gasteiger partial charge on any atom is 0.129 e. The van der Waals surface area contributed by atoms with Crippen molar-refractivity contribution < 1.29 is 4.74 Å². The molecule has 1 saturated carbocycles. The van der Waals surface area contributed by atoms with Crippen LogP contribution in [0.5, 0.6) is 5.75 Å². The van der Waals surface area contributed by atoms with Crippen LogP contribution < -0.4 is 10.1 Å². The summed E-state index contributed by atoms with van der Waals surface area (Å²) in [5.41, 5.74) is 0. The molecule has 0 spiro atoms. The Hall–Kier alpha value is -0.540. The topological polar surface area (TPSA) is 21.3 Å². The van der Waals surface area contributed by atoms with Gasteiger partial charge in [-0.15, -0.1) is 11.3 Å². The summed E-state index contributed by atoms with van der Waals surface area (Å²) in [6.07, 6.45) is 2.73. The molecule has 1 aliphatic carbocycles. The Morgan fingerprint density at radius 1 is 1.62 bits per heavy atom. The highest BCUT2D eigenvalue weighted by Gasteiger charge is 2.32. The first-order chi connectivity index (χ1) is 6.35. The van der Waals surface area contributed by atoms with Crippen molar-refractivity contribution in [1.82, 2.24) is 5.32 Å². The Morgan fingerprint density at radius 2 is 2.38 bits per heavy atom. The molecule has 1 atom stereocenters. The third kappa shape index (κ3) is 1.86. The third-order valence-electron chi connectivity index (χ3n) is 2.54. The minimum Gasteiger partial charge on any atom is -0.496 e. The van der Waals surface area contributed by atoms with Crippen molar-refractivity contribution >= 4 is 11.3 Å². The van der Waals surface area contributed by atoms with Crippen LogP contribution in [0.1, 0.15) is 23.8 Å². The van der Waals surface area contributed by atoms with E-state index in [-0.39, 0.29) is 0 Å². The summed E-state index contributed by atoms with van der Waals surface area (Å²) in [7, 11) is 3.76. The van der Waals surface area contributed by atoms with Gasteiger partial charge in [0, 0.05) is 16.3 Å². The number of thiophene rings is 1. The SMILES string of the molecule is CNC(c1cc(OC)cs1)C1CC1. The van der Waals surface area contributed by atoms with Crippen molar-refractivity contribution in [3.05, 3.63) is 16.3 Å². The van der Waals surface area contributed by atoms with Crippen LogP contribution in [-0.2, 0) is 0 Å². The summed E-state index contributed by atoms with van der Waals surface area (Å²) in [4.78, 5) is 1.40. The minimum atomic E-state index is 0.550. The molecule has 1 fully saturated rings. The maximum absolute atomic E-state index is 5.17. The van der Waals surface area contributed by atoms with E-state index in [4.69, 9.17) is 4.74 Å². The smallest absolute Gasteiger partial charge is 0.129 e. The zero-order chi connectivity index (χ0) is 9.26.